The van der Waals surface area contributed by atoms with Crippen molar-refractivity contribution >= 4 is 66.1 Å². The second-order valence-electron chi connectivity index (χ2n) is 24.6. The Hall–Kier alpha value is -9.71. The molecule has 0 atom stereocenters. The minimum Gasteiger partial charge on any atom is -0.457 e. The molecule has 4 bridgehead atoms. The van der Waals surface area contributed by atoms with E-state index in [1.807, 2.05) is 0 Å². The number of fused-ring (bicyclic) bond motifs is 10. The molecule has 5 aliphatic carbocycles. The number of rotatable bonds is 9. The molecule has 1 aliphatic heterocycles. The van der Waals surface area contributed by atoms with E-state index in [0.29, 0.717) is 18.5 Å². The highest BCUT2D eigenvalue weighted by molar-refractivity contribution is 6.10. The highest BCUT2D eigenvalue weighted by Crippen LogP contribution is 2.66. The number of ether oxygens (including phenoxy) is 1. The second kappa shape index (κ2) is 18.4. The second-order valence-corrected chi connectivity index (χ2v) is 24.6. The summed E-state index contributed by atoms with van der Waals surface area (Å²) in [5, 5.41) is 7.77. The van der Waals surface area contributed by atoms with Crippen LogP contribution in [0.2, 0.25) is 0 Å². The molecule has 3 heterocycles. The summed E-state index contributed by atoms with van der Waals surface area (Å²) in [6.45, 7) is 0.637. The number of nitrogens with zero attached hydrogens (tertiary/aromatic N) is 4. The zero-order valence-electron chi connectivity index (χ0n) is 46.7. The minimum atomic E-state index is -0.487. The molecule has 5 heteroatoms. The number of benzene rings is 11. The highest BCUT2D eigenvalue weighted by atomic mass is 16.5. The average molecular weight is 1080 g/mol. The van der Waals surface area contributed by atoms with Gasteiger partial charge in [0.25, 0.3) is 0 Å². The Kier molecular flexibility index (Phi) is 10.5. The van der Waals surface area contributed by atoms with Gasteiger partial charge in [-0.05, 0) is 189 Å². The van der Waals surface area contributed by atoms with Crippen molar-refractivity contribution in [3.8, 4) is 28.4 Å². The van der Waals surface area contributed by atoms with Crippen LogP contribution in [0, 0.1) is 23.7 Å². The van der Waals surface area contributed by atoms with E-state index in [0.717, 1.165) is 57.2 Å². The molecule has 0 unspecified atom stereocenters. The SMILES string of the molecule is c1ccc(C2(c3ccccc3)c3ccccc3-c3ccc(N4CN(c5cccc(Oc6ccc7c8ccccc8n(-c8cc(C9(c%10cccc%11c%10ccc%10ccccc%10%11)C%10CC%11CC(C%10)CC9C%11)ccn8)c7c6)c5)c5ccccc54)cc32)cc1. The molecule has 2 aromatic heterocycles. The molecule has 0 radical (unpaired) electrons. The first-order valence-electron chi connectivity index (χ1n) is 30.3. The number of anilines is 4. The van der Waals surface area contributed by atoms with Crippen molar-refractivity contribution in [3.63, 3.8) is 0 Å². The summed E-state index contributed by atoms with van der Waals surface area (Å²) < 4.78 is 9.41. The summed E-state index contributed by atoms with van der Waals surface area (Å²) in [5.74, 6) is 5.31. The van der Waals surface area contributed by atoms with Gasteiger partial charge in [-0.2, -0.15) is 0 Å². The molecule has 5 nitrogen and oxygen atoms in total. The zero-order valence-corrected chi connectivity index (χ0v) is 46.7. The maximum Gasteiger partial charge on any atom is 0.137 e. The quantitative estimate of drug-likeness (QED) is 0.135. The van der Waals surface area contributed by atoms with E-state index in [-0.39, 0.29) is 5.41 Å². The molecule has 13 aromatic rings. The number of pyridine rings is 1. The average Bonchev–Trinajstić information content (AvgIpc) is 1.09. The zero-order chi connectivity index (χ0) is 55.1. The summed E-state index contributed by atoms with van der Waals surface area (Å²) in [5.41, 5.74) is 16.8. The topological polar surface area (TPSA) is 33.5 Å². The van der Waals surface area contributed by atoms with Crippen LogP contribution in [-0.4, -0.2) is 16.2 Å². The van der Waals surface area contributed by atoms with E-state index in [9.17, 15) is 0 Å². The minimum absolute atomic E-state index is 0.123. The Morgan fingerprint density at radius 3 is 1.77 bits per heavy atom. The summed E-state index contributed by atoms with van der Waals surface area (Å²) >= 11 is 0. The largest absolute Gasteiger partial charge is 0.457 e. The van der Waals surface area contributed by atoms with Crippen LogP contribution in [0.25, 0.3) is 60.3 Å². The maximum absolute atomic E-state index is 7.02. The highest BCUT2D eigenvalue weighted by Gasteiger charge is 2.59. The van der Waals surface area contributed by atoms with Crippen LogP contribution in [0.1, 0.15) is 65.5 Å². The molecule has 19 rings (SSSR count). The van der Waals surface area contributed by atoms with Crippen molar-refractivity contribution in [2.45, 2.75) is 42.9 Å². The number of hydrogen-bond donors (Lipinski definition) is 0. The molecule has 11 aromatic carbocycles. The Labute approximate surface area is 489 Å². The summed E-state index contributed by atoms with van der Waals surface area (Å²) in [7, 11) is 0. The third-order valence-electron chi connectivity index (χ3n) is 20.6. The van der Waals surface area contributed by atoms with Gasteiger partial charge in [0.15, 0.2) is 0 Å². The summed E-state index contributed by atoms with van der Waals surface area (Å²) in [4.78, 5) is 10.2. The van der Waals surface area contributed by atoms with Crippen LogP contribution < -0.4 is 14.5 Å². The van der Waals surface area contributed by atoms with E-state index >= 15 is 0 Å². The van der Waals surface area contributed by atoms with Crippen LogP contribution in [0.4, 0.5) is 22.7 Å². The third kappa shape index (κ3) is 6.87. The predicted octanol–water partition coefficient (Wildman–Crippen LogP) is 19.6. The fourth-order valence-electron chi connectivity index (χ4n) is 17.6. The molecular weight excluding hydrogens is 1020 g/mol. The smallest absolute Gasteiger partial charge is 0.137 e. The van der Waals surface area contributed by atoms with Gasteiger partial charge >= 0.3 is 0 Å². The third-order valence-corrected chi connectivity index (χ3v) is 20.6. The van der Waals surface area contributed by atoms with Crippen molar-refractivity contribution in [2.75, 3.05) is 16.5 Å². The summed E-state index contributed by atoms with van der Waals surface area (Å²) in [6.07, 6.45) is 8.69. The molecular formula is C79H60N4O. The fourth-order valence-corrected chi connectivity index (χ4v) is 17.6. The molecule has 84 heavy (non-hydrogen) atoms. The van der Waals surface area contributed by atoms with Gasteiger partial charge in [-0.3, -0.25) is 4.57 Å². The predicted molar refractivity (Wildman–Crippen MR) is 344 cm³/mol. The van der Waals surface area contributed by atoms with E-state index in [1.165, 1.54) is 115 Å². The first-order valence-corrected chi connectivity index (χ1v) is 30.3. The van der Waals surface area contributed by atoms with Crippen LogP contribution in [0.15, 0.2) is 267 Å². The Balaban J connectivity index is 0.710. The molecule has 0 amide bonds. The van der Waals surface area contributed by atoms with Gasteiger partial charge in [0.05, 0.1) is 27.8 Å². The fraction of sp³-hybridized carbons (Fsp3) is 0.152. The van der Waals surface area contributed by atoms with Crippen molar-refractivity contribution in [1.82, 2.24) is 9.55 Å². The van der Waals surface area contributed by atoms with E-state index in [1.54, 1.807) is 0 Å². The molecule has 6 aliphatic rings. The normalized spacial score (nSPS) is 20.7. The van der Waals surface area contributed by atoms with Gasteiger partial charge in [0.1, 0.15) is 24.0 Å². The van der Waals surface area contributed by atoms with Crippen LogP contribution in [0.5, 0.6) is 11.5 Å². The van der Waals surface area contributed by atoms with Crippen molar-refractivity contribution in [2.24, 2.45) is 23.7 Å². The molecule has 4 saturated carbocycles. The Morgan fingerprint density at radius 1 is 0.381 bits per heavy atom. The number of hydrogen-bond acceptors (Lipinski definition) is 4. The summed E-state index contributed by atoms with van der Waals surface area (Å²) in [6, 6.07) is 96.9. The lowest BCUT2D eigenvalue weighted by Gasteiger charge is -2.62. The van der Waals surface area contributed by atoms with Gasteiger partial charge < -0.3 is 14.5 Å². The Morgan fingerprint density at radius 2 is 0.988 bits per heavy atom. The lowest BCUT2D eigenvalue weighted by atomic mass is 9.42. The van der Waals surface area contributed by atoms with Gasteiger partial charge in [-0.25, -0.2) is 4.98 Å². The number of aromatic nitrogens is 2. The molecule has 0 N–H and O–H groups in total. The molecule has 0 saturated heterocycles. The van der Waals surface area contributed by atoms with Crippen LogP contribution in [-0.2, 0) is 10.8 Å². The molecule has 402 valence electrons. The van der Waals surface area contributed by atoms with Gasteiger partial charge in [0, 0.05) is 45.9 Å². The van der Waals surface area contributed by atoms with Crippen molar-refractivity contribution in [3.05, 3.63) is 300 Å². The lowest BCUT2D eigenvalue weighted by Crippen LogP contribution is -2.56. The lowest BCUT2D eigenvalue weighted by molar-refractivity contribution is -0.0412. The van der Waals surface area contributed by atoms with Crippen LogP contribution in [0.3, 0.4) is 0 Å². The van der Waals surface area contributed by atoms with Crippen molar-refractivity contribution < 1.29 is 4.74 Å². The standard InChI is InChI=1S/C79H60N4O/c1-3-18-54(19-4-1)79(55-20-5-2-6-21-55)71-28-11-9-25-65(71)67-37-34-60(48-72(67)79)82-50-81(74-31-13-14-32-75(74)82)59-22-15-23-61(47-59)84-62-35-38-69-68-26-10-12-30-73(68)83(76(69)49-62)77-46-56(39-40-80-77)78(57-42-51-41-52(44-57)45-58(78)43-51)70-29-16-27-64-63-24-8-7-17-53(63)33-36-66(64)70/h1-40,46-49,51-52,57-58H,41-45,50H2. The van der Waals surface area contributed by atoms with Gasteiger partial charge in [-0.1, -0.05) is 182 Å². The first-order chi connectivity index (χ1) is 41.6. The Bertz CT molecular complexity index is 4720. The maximum atomic E-state index is 7.02. The molecule has 4 fully saturated rings. The van der Waals surface area contributed by atoms with E-state index in [4.69, 9.17) is 9.72 Å². The van der Waals surface area contributed by atoms with Gasteiger partial charge in [0.2, 0.25) is 0 Å². The van der Waals surface area contributed by atoms with Gasteiger partial charge in [-0.15, -0.1) is 0 Å². The monoisotopic (exact) mass is 1080 g/mol. The van der Waals surface area contributed by atoms with E-state index in [2.05, 4.69) is 281 Å². The van der Waals surface area contributed by atoms with Crippen molar-refractivity contribution in [1.29, 1.82) is 0 Å². The van der Waals surface area contributed by atoms with Crippen LogP contribution >= 0.6 is 0 Å². The first kappa shape index (κ1) is 47.9. The van der Waals surface area contributed by atoms with E-state index < -0.39 is 5.41 Å². The molecule has 0 spiro atoms. The number of para-hydroxylation sites is 3.